The van der Waals surface area contributed by atoms with Crippen molar-refractivity contribution in [2.24, 2.45) is 11.8 Å². The van der Waals surface area contributed by atoms with Crippen LogP contribution in [-0.4, -0.2) is 55.9 Å². The second-order valence-electron chi connectivity index (χ2n) is 10.1. The van der Waals surface area contributed by atoms with Crippen LogP contribution in [0.1, 0.15) is 70.4 Å². The summed E-state index contributed by atoms with van der Waals surface area (Å²) in [5.41, 5.74) is 0.778. The van der Waals surface area contributed by atoms with Crippen molar-refractivity contribution in [2.45, 2.75) is 77.9 Å². The number of nitrogens with zero attached hydrogens (tertiary/aromatic N) is 3. The monoisotopic (exact) mass is 470 g/mol. The summed E-state index contributed by atoms with van der Waals surface area (Å²) >= 11 is 1.91. The molecule has 0 spiro atoms. The Labute approximate surface area is 201 Å². The maximum atomic E-state index is 13.9. The average molecular weight is 471 g/mol. The van der Waals surface area contributed by atoms with Gasteiger partial charge >= 0.3 is 0 Å². The van der Waals surface area contributed by atoms with Crippen LogP contribution < -0.4 is 5.32 Å². The van der Waals surface area contributed by atoms with Crippen LogP contribution in [-0.2, 0) is 11.3 Å². The van der Waals surface area contributed by atoms with Gasteiger partial charge < -0.3 is 14.8 Å². The number of rotatable bonds is 8. The van der Waals surface area contributed by atoms with Crippen molar-refractivity contribution in [3.63, 3.8) is 0 Å². The fourth-order valence-corrected chi connectivity index (χ4v) is 6.19. The minimum Gasteiger partial charge on any atom is -0.351 e. The van der Waals surface area contributed by atoms with Crippen LogP contribution in [0.2, 0.25) is 0 Å². The zero-order chi connectivity index (χ0) is 23.6. The van der Waals surface area contributed by atoms with Gasteiger partial charge in [-0.3, -0.25) is 9.59 Å². The smallest absolute Gasteiger partial charge is 0.290 e. The maximum Gasteiger partial charge on any atom is 0.290 e. The fourth-order valence-electron chi connectivity index (χ4n) is 5.36. The molecule has 6 nitrogen and oxygen atoms in total. The highest BCUT2D eigenvalue weighted by Crippen LogP contribution is 2.33. The lowest BCUT2D eigenvalue weighted by Gasteiger charge is -2.45. The minimum atomic E-state index is -0.941. The van der Waals surface area contributed by atoms with Crippen LogP contribution in [0.15, 0.2) is 24.3 Å². The molecule has 2 aromatic rings. The highest BCUT2D eigenvalue weighted by atomic mass is 32.2. The molecule has 0 radical (unpaired) electrons. The molecular formula is C26H38N4O2S. The van der Waals surface area contributed by atoms with Crippen molar-refractivity contribution in [1.29, 1.82) is 0 Å². The van der Waals surface area contributed by atoms with Crippen LogP contribution in [0.4, 0.5) is 0 Å². The number of hydrogen-bond donors (Lipinski definition) is 1. The summed E-state index contributed by atoms with van der Waals surface area (Å²) in [5.74, 6) is 3.42. The first-order valence-corrected chi connectivity index (χ1v) is 13.7. The SMILES string of the molecule is CCCSCCCN1C(=O)c2nc3ccccc3n2C[C@]1(C)C(=O)N[C@@H]1CCC[C@H](C)[C@H]1C. The number of thioether (sulfide) groups is 1. The lowest BCUT2D eigenvalue weighted by Crippen LogP contribution is -2.65. The van der Waals surface area contributed by atoms with Gasteiger partial charge in [-0.05, 0) is 61.7 Å². The van der Waals surface area contributed by atoms with Gasteiger partial charge in [-0.15, -0.1) is 0 Å². The number of nitrogens with one attached hydrogen (secondary N) is 1. The average Bonchev–Trinajstić information content (AvgIpc) is 3.17. The van der Waals surface area contributed by atoms with E-state index in [9.17, 15) is 9.59 Å². The van der Waals surface area contributed by atoms with Crippen LogP contribution in [0.25, 0.3) is 11.0 Å². The molecule has 0 saturated heterocycles. The van der Waals surface area contributed by atoms with E-state index in [-0.39, 0.29) is 17.9 Å². The molecule has 0 unspecified atom stereocenters. The van der Waals surface area contributed by atoms with Crippen molar-refractivity contribution in [3.05, 3.63) is 30.1 Å². The largest absolute Gasteiger partial charge is 0.351 e. The van der Waals surface area contributed by atoms with E-state index < -0.39 is 5.54 Å². The van der Waals surface area contributed by atoms with E-state index >= 15 is 0 Å². The molecular weight excluding hydrogens is 432 g/mol. The Hall–Kier alpha value is -2.02. The number of carbonyl (C=O) groups excluding carboxylic acids is 2. The van der Waals surface area contributed by atoms with Gasteiger partial charge in [0.25, 0.3) is 5.91 Å². The molecule has 1 aromatic heterocycles. The number of fused-ring (bicyclic) bond motifs is 3. The summed E-state index contributed by atoms with van der Waals surface area (Å²) in [7, 11) is 0. The molecule has 2 heterocycles. The summed E-state index contributed by atoms with van der Waals surface area (Å²) in [6.07, 6.45) is 5.38. The van der Waals surface area contributed by atoms with E-state index in [1.807, 2.05) is 47.5 Å². The third-order valence-corrected chi connectivity index (χ3v) is 8.96. The number of amides is 2. The number of imidazole rings is 1. The molecule has 1 aliphatic carbocycles. The normalized spacial score (nSPS) is 27.6. The van der Waals surface area contributed by atoms with Crippen LogP contribution in [0.5, 0.6) is 0 Å². The van der Waals surface area contributed by atoms with Crippen molar-refractivity contribution >= 4 is 34.6 Å². The number of aromatic nitrogens is 2. The van der Waals surface area contributed by atoms with Crippen LogP contribution >= 0.6 is 11.8 Å². The first-order chi connectivity index (χ1) is 15.9. The second kappa shape index (κ2) is 10.1. The Bertz CT molecular complexity index is 1010. The molecule has 180 valence electrons. The summed E-state index contributed by atoms with van der Waals surface area (Å²) in [6.45, 7) is 9.64. The molecule has 1 aliphatic heterocycles. The van der Waals surface area contributed by atoms with Gasteiger partial charge in [0.2, 0.25) is 5.91 Å². The van der Waals surface area contributed by atoms with Crippen molar-refractivity contribution in [1.82, 2.24) is 19.8 Å². The van der Waals surface area contributed by atoms with E-state index in [1.165, 1.54) is 6.42 Å². The molecule has 4 rings (SSSR count). The third-order valence-electron chi connectivity index (χ3n) is 7.68. The minimum absolute atomic E-state index is 0.0357. The predicted octanol–water partition coefficient (Wildman–Crippen LogP) is 4.73. The van der Waals surface area contributed by atoms with E-state index in [4.69, 9.17) is 0 Å². The summed E-state index contributed by atoms with van der Waals surface area (Å²) in [6, 6.07) is 7.98. The van der Waals surface area contributed by atoms with Crippen molar-refractivity contribution in [2.75, 3.05) is 18.1 Å². The number of carbonyl (C=O) groups is 2. The Morgan fingerprint density at radius 1 is 1.24 bits per heavy atom. The van der Waals surface area contributed by atoms with Gasteiger partial charge in [-0.2, -0.15) is 11.8 Å². The molecule has 33 heavy (non-hydrogen) atoms. The van der Waals surface area contributed by atoms with Gasteiger partial charge in [-0.25, -0.2) is 4.98 Å². The lowest BCUT2D eigenvalue weighted by molar-refractivity contribution is -0.134. The topological polar surface area (TPSA) is 67.2 Å². The Kier molecular flexibility index (Phi) is 7.37. The molecule has 1 saturated carbocycles. The highest BCUT2D eigenvalue weighted by Gasteiger charge is 2.49. The summed E-state index contributed by atoms with van der Waals surface area (Å²) in [4.78, 5) is 34.0. The molecule has 7 heteroatoms. The van der Waals surface area contributed by atoms with Gasteiger partial charge in [0.15, 0.2) is 5.82 Å². The van der Waals surface area contributed by atoms with Gasteiger partial charge in [0, 0.05) is 12.6 Å². The second-order valence-corrected chi connectivity index (χ2v) is 11.3. The van der Waals surface area contributed by atoms with Crippen molar-refractivity contribution in [3.8, 4) is 0 Å². The molecule has 1 aromatic carbocycles. The fraction of sp³-hybridized carbons (Fsp3) is 0.654. The molecule has 1 fully saturated rings. The molecule has 0 bridgehead atoms. The lowest BCUT2D eigenvalue weighted by atomic mass is 9.77. The third kappa shape index (κ3) is 4.66. The summed E-state index contributed by atoms with van der Waals surface area (Å²) in [5, 5.41) is 3.37. The van der Waals surface area contributed by atoms with Crippen LogP contribution in [0, 0.1) is 11.8 Å². The standard InChI is InChI=1S/C26H38N4O2S/c1-5-15-33-16-9-14-30-24(31)23-27-21-11-6-7-13-22(21)29(23)17-26(30,4)25(32)28-20-12-8-10-18(2)19(20)3/h6-7,11,13,18-20H,5,8-10,12,14-17H2,1-4H3,(H,28,32)/t18-,19+,20+,26+/m0/s1. The van der Waals surface area contributed by atoms with Gasteiger partial charge in [0.05, 0.1) is 17.6 Å². The maximum absolute atomic E-state index is 13.9. The van der Waals surface area contributed by atoms with E-state index in [0.717, 1.165) is 48.2 Å². The van der Waals surface area contributed by atoms with Crippen LogP contribution in [0.3, 0.4) is 0 Å². The molecule has 1 N–H and O–H groups in total. The number of hydrogen-bond acceptors (Lipinski definition) is 4. The Morgan fingerprint density at radius 2 is 2.03 bits per heavy atom. The first-order valence-electron chi connectivity index (χ1n) is 12.5. The van der Waals surface area contributed by atoms with E-state index in [2.05, 4.69) is 31.1 Å². The first kappa shape index (κ1) is 24.1. The zero-order valence-corrected chi connectivity index (χ0v) is 21.3. The van der Waals surface area contributed by atoms with Gasteiger partial charge in [-0.1, -0.05) is 45.7 Å². The number of benzene rings is 1. The molecule has 2 amide bonds. The zero-order valence-electron chi connectivity index (χ0n) is 20.5. The van der Waals surface area contributed by atoms with Crippen molar-refractivity contribution < 1.29 is 9.59 Å². The summed E-state index contributed by atoms with van der Waals surface area (Å²) < 4.78 is 1.95. The number of para-hydroxylation sites is 2. The highest BCUT2D eigenvalue weighted by molar-refractivity contribution is 7.99. The quantitative estimate of drug-likeness (QED) is 0.567. The van der Waals surface area contributed by atoms with Gasteiger partial charge in [0.1, 0.15) is 5.54 Å². The van der Waals surface area contributed by atoms with E-state index in [0.29, 0.717) is 30.7 Å². The molecule has 2 aliphatic rings. The predicted molar refractivity (Wildman–Crippen MR) is 136 cm³/mol. The Morgan fingerprint density at radius 3 is 2.82 bits per heavy atom. The Balaban J connectivity index is 1.62. The molecule has 4 atom stereocenters. The van der Waals surface area contributed by atoms with E-state index in [1.54, 1.807) is 4.90 Å².